The number of hydrogen-bond donors (Lipinski definition) is 3. The molecule has 1 fully saturated rings. The maximum Gasteiger partial charge on any atom is 0.309 e. The summed E-state index contributed by atoms with van der Waals surface area (Å²) in [5.41, 5.74) is 0. The zero-order valence-electron chi connectivity index (χ0n) is 9.47. The fourth-order valence-corrected chi connectivity index (χ4v) is 1.96. The van der Waals surface area contributed by atoms with Crippen LogP contribution in [0.4, 0.5) is 4.79 Å². The summed E-state index contributed by atoms with van der Waals surface area (Å²) in [6.45, 7) is -0.202. The van der Waals surface area contributed by atoms with Crippen molar-refractivity contribution in [2.45, 2.75) is 0 Å². The highest BCUT2D eigenvalue weighted by molar-refractivity contribution is 8.14. The van der Waals surface area contributed by atoms with E-state index in [0.29, 0.717) is 0 Å². The van der Waals surface area contributed by atoms with Crippen molar-refractivity contribution in [3.8, 4) is 0 Å². The van der Waals surface area contributed by atoms with E-state index in [1.54, 1.807) is 0 Å². The van der Waals surface area contributed by atoms with Gasteiger partial charge < -0.3 is 15.7 Å². The molecule has 0 aliphatic carbocycles. The van der Waals surface area contributed by atoms with Crippen LogP contribution in [0, 0.1) is 0 Å². The van der Waals surface area contributed by atoms with E-state index >= 15 is 0 Å². The van der Waals surface area contributed by atoms with E-state index in [0.717, 1.165) is 16.7 Å². The Bertz CT molecular complexity index is 357. The van der Waals surface area contributed by atoms with Crippen molar-refractivity contribution in [2.24, 2.45) is 0 Å². The van der Waals surface area contributed by atoms with Gasteiger partial charge in [-0.25, -0.2) is 0 Å². The van der Waals surface area contributed by atoms with E-state index in [-0.39, 0.29) is 43.1 Å². The minimum absolute atomic E-state index is 0.00795. The van der Waals surface area contributed by atoms with E-state index < -0.39 is 11.8 Å². The largest absolute Gasteiger partial charge is 0.395 e. The van der Waals surface area contributed by atoms with Crippen LogP contribution in [0.15, 0.2) is 0 Å². The fourth-order valence-electron chi connectivity index (χ4n) is 1.21. The number of nitrogens with one attached hydrogen (secondary N) is 2. The van der Waals surface area contributed by atoms with Crippen molar-refractivity contribution in [3.63, 3.8) is 0 Å². The third-order valence-corrected chi connectivity index (χ3v) is 2.92. The molecule has 1 saturated heterocycles. The average molecular weight is 275 g/mol. The molecule has 0 bridgehead atoms. The molecular weight excluding hydrogens is 262 g/mol. The van der Waals surface area contributed by atoms with Gasteiger partial charge >= 0.3 is 11.8 Å². The number of thioether (sulfide) groups is 1. The molecule has 3 N–H and O–H groups in total. The van der Waals surface area contributed by atoms with Crippen molar-refractivity contribution in [3.05, 3.63) is 0 Å². The summed E-state index contributed by atoms with van der Waals surface area (Å²) >= 11 is 0.907. The third kappa shape index (κ3) is 4.00. The number of carbonyl (C=O) groups excluding carboxylic acids is 4. The molecule has 100 valence electrons. The first-order valence-electron chi connectivity index (χ1n) is 5.20. The van der Waals surface area contributed by atoms with Crippen LogP contribution in [0.25, 0.3) is 0 Å². The van der Waals surface area contributed by atoms with E-state index in [1.807, 2.05) is 0 Å². The molecule has 18 heavy (non-hydrogen) atoms. The maximum absolute atomic E-state index is 11.2. The Morgan fingerprint density at radius 1 is 1.22 bits per heavy atom. The molecule has 0 aromatic heterocycles. The predicted octanol–water partition coefficient (Wildman–Crippen LogP) is -2.09. The number of nitrogens with zero attached hydrogens (tertiary/aromatic N) is 1. The molecule has 0 unspecified atom stereocenters. The third-order valence-electron chi connectivity index (χ3n) is 2.07. The monoisotopic (exact) mass is 275 g/mol. The Morgan fingerprint density at radius 3 is 2.33 bits per heavy atom. The molecule has 0 aromatic carbocycles. The first-order valence-corrected chi connectivity index (χ1v) is 6.19. The number of aliphatic hydroxyl groups excluding tert-OH is 1. The second-order valence-corrected chi connectivity index (χ2v) is 4.26. The van der Waals surface area contributed by atoms with E-state index in [4.69, 9.17) is 5.11 Å². The van der Waals surface area contributed by atoms with Gasteiger partial charge in [0.1, 0.15) is 0 Å². The van der Waals surface area contributed by atoms with Crippen LogP contribution in [0.3, 0.4) is 0 Å². The van der Waals surface area contributed by atoms with E-state index in [9.17, 15) is 19.2 Å². The Kier molecular flexibility index (Phi) is 5.59. The highest BCUT2D eigenvalue weighted by atomic mass is 32.2. The number of amides is 4. The van der Waals surface area contributed by atoms with Gasteiger partial charge in [-0.1, -0.05) is 11.8 Å². The molecule has 4 amide bonds. The molecule has 0 saturated carbocycles. The van der Waals surface area contributed by atoms with Crippen LogP contribution >= 0.6 is 11.8 Å². The Labute approximate surface area is 107 Å². The van der Waals surface area contributed by atoms with Crippen LogP contribution in [-0.2, 0) is 14.4 Å². The molecule has 1 aliphatic rings. The molecular formula is C9H13N3O5S. The quantitative estimate of drug-likeness (QED) is 0.495. The molecule has 1 aliphatic heterocycles. The van der Waals surface area contributed by atoms with Gasteiger partial charge in [-0.05, 0) is 0 Å². The smallest absolute Gasteiger partial charge is 0.309 e. The average Bonchev–Trinajstić information content (AvgIpc) is 2.67. The Balaban J connectivity index is 2.25. The molecule has 0 spiro atoms. The van der Waals surface area contributed by atoms with Crippen LogP contribution < -0.4 is 10.6 Å². The van der Waals surface area contributed by atoms with Gasteiger partial charge in [0.15, 0.2) is 0 Å². The van der Waals surface area contributed by atoms with Gasteiger partial charge in [0.05, 0.1) is 12.4 Å². The van der Waals surface area contributed by atoms with Crippen molar-refractivity contribution in [1.82, 2.24) is 15.5 Å². The van der Waals surface area contributed by atoms with Crippen molar-refractivity contribution in [1.29, 1.82) is 0 Å². The normalized spacial score (nSPS) is 14.8. The van der Waals surface area contributed by atoms with Crippen molar-refractivity contribution in [2.75, 3.05) is 32.0 Å². The molecule has 0 aromatic rings. The van der Waals surface area contributed by atoms with Crippen LogP contribution in [0.5, 0.6) is 0 Å². The molecule has 1 rings (SSSR count). The summed E-state index contributed by atoms with van der Waals surface area (Å²) in [5.74, 6) is -1.92. The van der Waals surface area contributed by atoms with Crippen LogP contribution in [0.1, 0.15) is 0 Å². The summed E-state index contributed by atoms with van der Waals surface area (Å²) in [6, 6.07) is 0. The summed E-state index contributed by atoms with van der Waals surface area (Å²) in [6.07, 6.45) is 0. The lowest BCUT2D eigenvalue weighted by atomic mass is 10.4. The van der Waals surface area contributed by atoms with Gasteiger partial charge in [0, 0.05) is 19.6 Å². The zero-order chi connectivity index (χ0) is 13.5. The van der Waals surface area contributed by atoms with Crippen molar-refractivity contribution >= 4 is 34.7 Å². The van der Waals surface area contributed by atoms with Gasteiger partial charge in [-0.2, -0.15) is 0 Å². The second kappa shape index (κ2) is 6.97. The van der Waals surface area contributed by atoms with E-state index in [1.165, 1.54) is 0 Å². The SMILES string of the molecule is O=C(NCCO)C(=O)NCCN1C(=O)CSC1=O. The number of aliphatic hydroxyl groups is 1. The van der Waals surface area contributed by atoms with E-state index in [2.05, 4.69) is 10.6 Å². The zero-order valence-corrected chi connectivity index (χ0v) is 10.3. The molecule has 0 atom stereocenters. The number of hydrogen-bond acceptors (Lipinski definition) is 6. The first kappa shape index (κ1) is 14.5. The highest BCUT2D eigenvalue weighted by Crippen LogP contribution is 2.17. The Hall–Kier alpha value is -1.61. The lowest BCUT2D eigenvalue weighted by molar-refractivity contribution is -0.139. The number of rotatable bonds is 5. The fraction of sp³-hybridized carbons (Fsp3) is 0.556. The van der Waals surface area contributed by atoms with Gasteiger partial charge in [0.25, 0.3) is 5.24 Å². The maximum atomic E-state index is 11.2. The lowest BCUT2D eigenvalue weighted by Gasteiger charge is -2.12. The standard InChI is InChI=1S/C9H13N3O5S/c13-4-2-11-8(16)7(15)10-1-3-12-6(14)5-18-9(12)17/h13H,1-5H2,(H,10,15)(H,11,16). The summed E-state index contributed by atoms with van der Waals surface area (Å²) in [4.78, 5) is 45.7. The lowest BCUT2D eigenvalue weighted by Crippen LogP contribution is -2.44. The molecule has 8 nitrogen and oxygen atoms in total. The highest BCUT2D eigenvalue weighted by Gasteiger charge is 2.29. The summed E-state index contributed by atoms with van der Waals surface area (Å²) < 4.78 is 0. The van der Waals surface area contributed by atoms with Crippen LogP contribution in [0.2, 0.25) is 0 Å². The molecule has 9 heteroatoms. The molecule has 0 radical (unpaired) electrons. The first-order chi connectivity index (χ1) is 8.56. The summed E-state index contributed by atoms with van der Waals surface area (Å²) in [5, 5.41) is 12.5. The van der Waals surface area contributed by atoms with Crippen LogP contribution in [-0.4, -0.2) is 65.0 Å². The summed E-state index contributed by atoms with van der Waals surface area (Å²) in [7, 11) is 0. The Morgan fingerprint density at radius 2 is 1.83 bits per heavy atom. The van der Waals surface area contributed by atoms with Gasteiger partial charge in [0.2, 0.25) is 5.91 Å². The van der Waals surface area contributed by atoms with Crippen molar-refractivity contribution < 1.29 is 24.3 Å². The predicted molar refractivity (Wildman–Crippen MR) is 62.7 cm³/mol. The minimum atomic E-state index is -0.866. The topological polar surface area (TPSA) is 116 Å². The number of carbonyl (C=O) groups is 4. The minimum Gasteiger partial charge on any atom is -0.395 e. The molecule has 1 heterocycles. The van der Waals surface area contributed by atoms with Gasteiger partial charge in [-0.15, -0.1) is 0 Å². The van der Waals surface area contributed by atoms with Gasteiger partial charge in [-0.3, -0.25) is 24.1 Å². The second-order valence-electron chi connectivity index (χ2n) is 3.34. The number of imide groups is 1.